The average Bonchev–Trinajstić information content (AvgIpc) is 2.33. The van der Waals surface area contributed by atoms with E-state index in [0.29, 0.717) is 5.95 Å². The van der Waals surface area contributed by atoms with Crippen LogP contribution < -0.4 is 16.8 Å². The van der Waals surface area contributed by atoms with E-state index in [4.69, 9.17) is 11.5 Å². The van der Waals surface area contributed by atoms with Gasteiger partial charge in [-0.1, -0.05) is 0 Å². The number of rotatable bonds is 4. The van der Waals surface area contributed by atoms with Gasteiger partial charge < -0.3 is 16.8 Å². The molecule has 1 heterocycles. The summed E-state index contributed by atoms with van der Waals surface area (Å²) in [5, 5.41) is 9.06. The van der Waals surface area contributed by atoms with Crippen LogP contribution in [0.1, 0.15) is 13.3 Å². The van der Waals surface area contributed by atoms with E-state index < -0.39 is 0 Å². The summed E-state index contributed by atoms with van der Waals surface area (Å²) in [6.45, 7) is 1.80. The summed E-state index contributed by atoms with van der Waals surface area (Å²) in [5.41, 5.74) is 10.3. The molecule has 6 N–H and O–H groups in total. The van der Waals surface area contributed by atoms with Gasteiger partial charge in [0.2, 0.25) is 17.8 Å². The highest BCUT2D eigenvalue weighted by atomic mass is 16.1. The Kier molecular flexibility index (Phi) is 2.68. The summed E-state index contributed by atoms with van der Waals surface area (Å²) < 4.78 is 0. The number of nitrogens with one attached hydrogen (secondary N) is 2. The van der Waals surface area contributed by atoms with Crippen LogP contribution in [0.5, 0.6) is 0 Å². The van der Waals surface area contributed by atoms with Crippen molar-refractivity contribution in [1.82, 2.24) is 15.2 Å². The van der Waals surface area contributed by atoms with E-state index in [1.54, 1.807) is 6.92 Å². The van der Waals surface area contributed by atoms with Crippen molar-refractivity contribution in [2.24, 2.45) is 5.73 Å². The normalized spacial score (nSPS) is 12.4. The molecule has 0 saturated heterocycles. The molecule has 1 unspecified atom stereocenters. The van der Waals surface area contributed by atoms with Crippen LogP contribution in [-0.4, -0.2) is 27.1 Å². The minimum absolute atomic E-state index is 0.104. The van der Waals surface area contributed by atoms with Gasteiger partial charge >= 0.3 is 0 Å². The van der Waals surface area contributed by atoms with E-state index in [-0.39, 0.29) is 24.3 Å². The Labute approximate surface area is 74.9 Å². The van der Waals surface area contributed by atoms with Crippen LogP contribution in [0.3, 0.4) is 0 Å². The van der Waals surface area contributed by atoms with E-state index in [9.17, 15) is 4.79 Å². The molecular weight excluding hydrogens is 172 g/mol. The van der Waals surface area contributed by atoms with Crippen molar-refractivity contribution in [3.8, 4) is 0 Å². The number of nitrogens with two attached hydrogens (primary N) is 2. The van der Waals surface area contributed by atoms with E-state index in [2.05, 4.69) is 20.5 Å². The average molecular weight is 184 g/mol. The molecule has 1 rings (SSSR count). The van der Waals surface area contributed by atoms with Gasteiger partial charge in [0.15, 0.2) is 0 Å². The molecule has 0 radical (unpaired) electrons. The number of amides is 1. The van der Waals surface area contributed by atoms with Gasteiger partial charge in [-0.25, -0.2) is 5.10 Å². The van der Waals surface area contributed by atoms with Crippen molar-refractivity contribution >= 4 is 17.8 Å². The molecule has 13 heavy (non-hydrogen) atoms. The second-order valence-electron chi connectivity index (χ2n) is 2.76. The van der Waals surface area contributed by atoms with Crippen LogP contribution in [0.25, 0.3) is 0 Å². The van der Waals surface area contributed by atoms with Crippen molar-refractivity contribution < 1.29 is 4.79 Å². The molecule has 0 aliphatic rings. The third-order valence-electron chi connectivity index (χ3n) is 1.39. The molecule has 72 valence electrons. The SMILES string of the molecule is CC(CC(N)=O)Nc1n[nH]c(N)n1. The molecule has 0 fully saturated rings. The van der Waals surface area contributed by atoms with Crippen molar-refractivity contribution in [2.75, 3.05) is 11.1 Å². The molecular formula is C6H12N6O. The third-order valence-corrected chi connectivity index (χ3v) is 1.39. The predicted molar refractivity (Wildman–Crippen MR) is 47.7 cm³/mol. The zero-order chi connectivity index (χ0) is 9.84. The molecule has 0 spiro atoms. The molecule has 0 aliphatic heterocycles. The van der Waals surface area contributed by atoms with Gasteiger partial charge in [-0.05, 0) is 6.92 Å². The van der Waals surface area contributed by atoms with Crippen molar-refractivity contribution in [3.05, 3.63) is 0 Å². The highest BCUT2D eigenvalue weighted by Gasteiger charge is 2.07. The first kappa shape index (κ1) is 9.30. The Morgan fingerprint density at radius 3 is 2.92 bits per heavy atom. The van der Waals surface area contributed by atoms with Gasteiger partial charge in [-0.2, -0.15) is 4.98 Å². The summed E-state index contributed by atoms with van der Waals surface area (Å²) in [7, 11) is 0. The molecule has 7 heteroatoms. The third kappa shape index (κ3) is 2.97. The lowest BCUT2D eigenvalue weighted by molar-refractivity contribution is -0.118. The number of hydrogen-bond acceptors (Lipinski definition) is 5. The summed E-state index contributed by atoms with van der Waals surface area (Å²) >= 11 is 0. The molecule has 0 aromatic carbocycles. The Morgan fingerprint density at radius 1 is 1.77 bits per heavy atom. The molecule has 0 aliphatic carbocycles. The zero-order valence-electron chi connectivity index (χ0n) is 7.24. The van der Waals surface area contributed by atoms with E-state index in [0.717, 1.165) is 0 Å². The lowest BCUT2D eigenvalue weighted by atomic mass is 10.2. The van der Waals surface area contributed by atoms with Crippen LogP contribution >= 0.6 is 0 Å². The minimum Gasteiger partial charge on any atom is -0.370 e. The summed E-state index contributed by atoms with van der Waals surface area (Å²) in [5.74, 6) is 0.225. The molecule has 0 saturated carbocycles. The lowest BCUT2D eigenvalue weighted by Crippen LogP contribution is -2.24. The van der Waals surface area contributed by atoms with E-state index in [1.165, 1.54) is 0 Å². The lowest BCUT2D eigenvalue weighted by Gasteiger charge is -2.08. The van der Waals surface area contributed by atoms with E-state index >= 15 is 0 Å². The number of aromatic nitrogens is 3. The van der Waals surface area contributed by atoms with Crippen molar-refractivity contribution in [3.63, 3.8) is 0 Å². The molecule has 7 nitrogen and oxygen atoms in total. The first-order valence-corrected chi connectivity index (χ1v) is 3.80. The van der Waals surface area contributed by atoms with Crippen LogP contribution in [0.15, 0.2) is 0 Å². The fourth-order valence-corrected chi connectivity index (χ4v) is 0.912. The van der Waals surface area contributed by atoms with Crippen molar-refractivity contribution in [1.29, 1.82) is 0 Å². The van der Waals surface area contributed by atoms with Gasteiger partial charge in [0.25, 0.3) is 0 Å². The number of carbonyl (C=O) groups excluding carboxylic acids is 1. The van der Waals surface area contributed by atoms with Crippen LogP contribution in [0, 0.1) is 0 Å². The summed E-state index contributed by atoms with van der Waals surface area (Å²) in [6.07, 6.45) is 0.231. The number of anilines is 2. The van der Waals surface area contributed by atoms with Gasteiger partial charge in [-0.3, -0.25) is 4.79 Å². The number of nitrogen functional groups attached to an aromatic ring is 1. The quantitative estimate of drug-likeness (QED) is 0.481. The maximum absolute atomic E-state index is 10.5. The molecule has 1 aromatic rings. The number of nitrogens with zero attached hydrogens (tertiary/aromatic N) is 2. The van der Waals surface area contributed by atoms with Crippen LogP contribution in [-0.2, 0) is 4.79 Å². The smallest absolute Gasteiger partial charge is 0.243 e. The monoisotopic (exact) mass is 184 g/mol. The molecule has 1 amide bonds. The fraction of sp³-hybridized carbons (Fsp3) is 0.500. The van der Waals surface area contributed by atoms with Crippen LogP contribution in [0.4, 0.5) is 11.9 Å². The highest BCUT2D eigenvalue weighted by Crippen LogP contribution is 2.02. The summed E-state index contributed by atoms with van der Waals surface area (Å²) in [4.78, 5) is 14.3. The largest absolute Gasteiger partial charge is 0.370 e. The van der Waals surface area contributed by atoms with Gasteiger partial charge in [0.05, 0.1) is 0 Å². The second kappa shape index (κ2) is 3.74. The Balaban J connectivity index is 2.44. The number of H-pyrrole nitrogens is 1. The molecule has 0 bridgehead atoms. The zero-order valence-corrected chi connectivity index (χ0v) is 7.24. The second-order valence-corrected chi connectivity index (χ2v) is 2.76. The number of aromatic amines is 1. The maximum Gasteiger partial charge on any atom is 0.243 e. The van der Waals surface area contributed by atoms with Crippen LogP contribution in [0.2, 0.25) is 0 Å². The van der Waals surface area contributed by atoms with Gasteiger partial charge in [0.1, 0.15) is 0 Å². The standard InChI is InChI=1S/C6H12N6O/c1-3(2-4(7)13)9-6-10-5(8)11-12-6/h3H,2H2,1H3,(H2,7,13)(H4,8,9,10,11,12). The predicted octanol–water partition coefficient (Wildman–Crippen LogP) is -0.937. The number of primary amides is 1. The Morgan fingerprint density at radius 2 is 2.46 bits per heavy atom. The molecule has 1 atom stereocenters. The summed E-state index contributed by atoms with van der Waals surface area (Å²) in [6, 6.07) is -0.104. The Bertz CT molecular complexity index is 295. The first-order valence-electron chi connectivity index (χ1n) is 3.80. The van der Waals surface area contributed by atoms with E-state index in [1.807, 2.05) is 0 Å². The van der Waals surface area contributed by atoms with Gasteiger partial charge in [-0.15, -0.1) is 5.10 Å². The van der Waals surface area contributed by atoms with Crippen molar-refractivity contribution in [2.45, 2.75) is 19.4 Å². The molecule has 1 aromatic heterocycles. The minimum atomic E-state index is -0.372. The van der Waals surface area contributed by atoms with Gasteiger partial charge in [0, 0.05) is 12.5 Å². The number of carbonyl (C=O) groups is 1. The number of hydrogen-bond donors (Lipinski definition) is 4. The topological polar surface area (TPSA) is 123 Å². The highest BCUT2D eigenvalue weighted by molar-refractivity contribution is 5.74. The Hall–Kier alpha value is -1.79. The fourth-order valence-electron chi connectivity index (χ4n) is 0.912. The maximum atomic E-state index is 10.5. The first-order chi connectivity index (χ1) is 6.08.